The topological polar surface area (TPSA) is 54.1 Å². The summed E-state index contributed by atoms with van der Waals surface area (Å²) in [5.74, 6) is 0.931. The van der Waals surface area contributed by atoms with Gasteiger partial charge in [-0.2, -0.15) is 0 Å². The number of nitrogens with one attached hydrogen (secondary N) is 2. The van der Waals surface area contributed by atoms with E-state index in [1.165, 1.54) is 16.5 Å². The summed E-state index contributed by atoms with van der Waals surface area (Å²) >= 11 is 0. The first-order chi connectivity index (χ1) is 13.3. The van der Waals surface area contributed by atoms with Crippen molar-refractivity contribution in [1.82, 2.24) is 10.3 Å². The lowest BCUT2D eigenvalue weighted by molar-refractivity contribution is -0.121. The molecule has 0 radical (unpaired) electrons. The number of fused-ring (bicyclic) bond motifs is 1. The second-order valence-corrected chi connectivity index (χ2v) is 6.81. The Balaban J connectivity index is 1.31. The summed E-state index contributed by atoms with van der Waals surface area (Å²) in [6, 6.07) is 16.4. The summed E-state index contributed by atoms with van der Waals surface area (Å²) in [7, 11) is 0. The smallest absolute Gasteiger partial charge is 0.220 e. The minimum atomic E-state index is 0.0803. The Morgan fingerprint density at radius 3 is 2.70 bits per heavy atom. The molecule has 1 amide bonds. The fourth-order valence-electron chi connectivity index (χ4n) is 3.27. The third kappa shape index (κ3) is 5.61. The van der Waals surface area contributed by atoms with Gasteiger partial charge >= 0.3 is 0 Å². The minimum absolute atomic E-state index is 0.0803. The van der Waals surface area contributed by atoms with Gasteiger partial charge < -0.3 is 15.0 Å². The van der Waals surface area contributed by atoms with Crippen LogP contribution in [0.5, 0.6) is 5.75 Å². The summed E-state index contributed by atoms with van der Waals surface area (Å²) in [6.45, 7) is 3.19. The third-order valence-electron chi connectivity index (χ3n) is 4.68. The maximum atomic E-state index is 12.0. The summed E-state index contributed by atoms with van der Waals surface area (Å²) in [5, 5.41) is 4.18. The molecule has 0 fully saturated rings. The molecule has 3 aromatic rings. The van der Waals surface area contributed by atoms with Crippen molar-refractivity contribution in [1.29, 1.82) is 0 Å². The number of benzene rings is 2. The Kier molecular flexibility index (Phi) is 6.91. The van der Waals surface area contributed by atoms with E-state index in [-0.39, 0.29) is 5.91 Å². The molecule has 0 spiro atoms. The van der Waals surface area contributed by atoms with E-state index in [4.69, 9.17) is 4.74 Å². The van der Waals surface area contributed by atoms with Crippen LogP contribution in [-0.4, -0.2) is 24.0 Å². The molecule has 4 heteroatoms. The number of aromatic amines is 1. The van der Waals surface area contributed by atoms with Crippen LogP contribution >= 0.6 is 0 Å². The molecule has 0 aliphatic heterocycles. The predicted molar refractivity (Wildman–Crippen MR) is 110 cm³/mol. The lowest BCUT2D eigenvalue weighted by Gasteiger charge is -2.08. The Bertz CT molecular complexity index is 852. The summed E-state index contributed by atoms with van der Waals surface area (Å²) < 4.78 is 5.68. The molecule has 0 aliphatic rings. The molecule has 1 heterocycles. The van der Waals surface area contributed by atoms with Crippen LogP contribution in [0.3, 0.4) is 0 Å². The zero-order chi connectivity index (χ0) is 18.9. The maximum absolute atomic E-state index is 12.0. The number of para-hydroxylation sites is 1. The summed E-state index contributed by atoms with van der Waals surface area (Å²) in [5.41, 5.74) is 3.75. The highest BCUT2D eigenvalue weighted by molar-refractivity contribution is 5.83. The number of aromatic nitrogens is 1. The average Bonchev–Trinajstić information content (AvgIpc) is 3.10. The van der Waals surface area contributed by atoms with Crippen LogP contribution in [0, 0.1) is 0 Å². The number of hydrogen-bond donors (Lipinski definition) is 2. The van der Waals surface area contributed by atoms with Gasteiger partial charge in [-0.1, -0.05) is 43.7 Å². The van der Waals surface area contributed by atoms with Crippen LogP contribution < -0.4 is 10.1 Å². The standard InChI is InChI=1S/C23H28N2O2/c1-2-6-18-11-13-20(14-12-18)27-16-15-24-23(26)10-5-7-19-17-25-22-9-4-3-8-21(19)22/h3-4,8-9,11-14,17,25H,2,5-7,10,15-16H2,1H3,(H,24,26). The number of H-pyrrole nitrogens is 1. The Morgan fingerprint density at radius 1 is 1.07 bits per heavy atom. The van der Waals surface area contributed by atoms with Gasteiger partial charge in [-0.15, -0.1) is 0 Å². The van der Waals surface area contributed by atoms with Crippen molar-refractivity contribution in [2.75, 3.05) is 13.2 Å². The van der Waals surface area contributed by atoms with Crippen LogP contribution in [0.25, 0.3) is 10.9 Å². The summed E-state index contributed by atoms with van der Waals surface area (Å²) in [6.07, 6.45) is 6.56. The molecular weight excluding hydrogens is 336 g/mol. The monoisotopic (exact) mass is 364 g/mol. The van der Waals surface area contributed by atoms with E-state index in [9.17, 15) is 4.79 Å². The molecule has 4 nitrogen and oxygen atoms in total. The van der Waals surface area contributed by atoms with Crippen LogP contribution in [0.2, 0.25) is 0 Å². The number of carbonyl (C=O) groups is 1. The minimum Gasteiger partial charge on any atom is -0.492 e. The van der Waals surface area contributed by atoms with Gasteiger partial charge in [0.05, 0.1) is 6.54 Å². The van der Waals surface area contributed by atoms with Gasteiger partial charge in [0.25, 0.3) is 0 Å². The molecule has 2 aromatic carbocycles. The van der Waals surface area contributed by atoms with Crippen molar-refractivity contribution in [2.24, 2.45) is 0 Å². The van der Waals surface area contributed by atoms with E-state index in [0.717, 1.165) is 36.9 Å². The van der Waals surface area contributed by atoms with Crippen LogP contribution in [0.1, 0.15) is 37.3 Å². The molecular formula is C23H28N2O2. The molecule has 0 saturated heterocycles. The van der Waals surface area contributed by atoms with Crippen molar-refractivity contribution in [3.05, 3.63) is 65.9 Å². The number of hydrogen-bond acceptors (Lipinski definition) is 2. The number of rotatable bonds is 10. The fourth-order valence-corrected chi connectivity index (χ4v) is 3.27. The van der Waals surface area contributed by atoms with Gasteiger partial charge in [0.15, 0.2) is 0 Å². The van der Waals surface area contributed by atoms with Crippen molar-refractivity contribution in [3.8, 4) is 5.75 Å². The zero-order valence-electron chi connectivity index (χ0n) is 16.0. The number of carbonyl (C=O) groups excluding carboxylic acids is 1. The Labute approximate surface area is 160 Å². The van der Waals surface area contributed by atoms with E-state index in [1.54, 1.807) is 0 Å². The number of amides is 1. The highest BCUT2D eigenvalue weighted by Crippen LogP contribution is 2.19. The molecule has 142 valence electrons. The second-order valence-electron chi connectivity index (χ2n) is 6.81. The summed E-state index contributed by atoms with van der Waals surface area (Å²) in [4.78, 5) is 15.3. The Hall–Kier alpha value is -2.75. The van der Waals surface area contributed by atoms with Crippen molar-refractivity contribution in [2.45, 2.75) is 39.0 Å². The largest absolute Gasteiger partial charge is 0.492 e. The number of aryl methyl sites for hydroxylation is 2. The van der Waals surface area contributed by atoms with Gasteiger partial charge in [-0.25, -0.2) is 0 Å². The molecule has 0 aliphatic carbocycles. The van der Waals surface area contributed by atoms with Crippen molar-refractivity contribution >= 4 is 16.8 Å². The zero-order valence-corrected chi connectivity index (χ0v) is 16.0. The van der Waals surface area contributed by atoms with Gasteiger partial charge in [-0.3, -0.25) is 4.79 Å². The SMILES string of the molecule is CCCc1ccc(OCCNC(=O)CCCc2c[nH]c3ccccc23)cc1. The van der Waals surface area contributed by atoms with Gasteiger partial charge in [0, 0.05) is 23.5 Å². The molecule has 1 aromatic heterocycles. The first-order valence-electron chi connectivity index (χ1n) is 9.79. The van der Waals surface area contributed by atoms with Crippen LogP contribution in [0.4, 0.5) is 0 Å². The first-order valence-corrected chi connectivity index (χ1v) is 9.79. The molecule has 0 atom stereocenters. The van der Waals surface area contributed by atoms with E-state index in [2.05, 4.69) is 41.5 Å². The maximum Gasteiger partial charge on any atom is 0.220 e. The third-order valence-corrected chi connectivity index (χ3v) is 4.68. The molecule has 27 heavy (non-hydrogen) atoms. The number of ether oxygens (including phenoxy) is 1. The van der Waals surface area contributed by atoms with E-state index >= 15 is 0 Å². The van der Waals surface area contributed by atoms with Crippen molar-refractivity contribution in [3.63, 3.8) is 0 Å². The van der Waals surface area contributed by atoms with Gasteiger partial charge in [0.1, 0.15) is 12.4 Å². The van der Waals surface area contributed by atoms with E-state index in [1.807, 2.05) is 30.5 Å². The van der Waals surface area contributed by atoms with Crippen molar-refractivity contribution < 1.29 is 9.53 Å². The second kappa shape index (κ2) is 9.81. The molecule has 2 N–H and O–H groups in total. The normalized spacial score (nSPS) is 10.9. The highest BCUT2D eigenvalue weighted by atomic mass is 16.5. The van der Waals surface area contributed by atoms with E-state index in [0.29, 0.717) is 19.6 Å². The first kappa shape index (κ1) is 19.0. The molecule has 0 saturated carbocycles. The predicted octanol–water partition coefficient (Wildman–Crippen LogP) is 4.64. The lowest BCUT2D eigenvalue weighted by atomic mass is 10.1. The quantitative estimate of drug-likeness (QED) is 0.515. The highest BCUT2D eigenvalue weighted by Gasteiger charge is 2.05. The lowest BCUT2D eigenvalue weighted by Crippen LogP contribution is -2.27. The van der Waals surface area contributed by atoms with Gasteiger partial charge in [0.2, 0.25) is 5.91 Å². The fraction of sp³-hybridized carbons (Fsp3) is 0.348. The Morgan fingerprint density at radius 2 is 1.89 bits per heavy atom. The van der Waals surface area contributed by atoms with E-state index < -0.39 is 0 Å². The van der Waals surface area contributed by atoms with Crippen LogP contribution in [-0.2, 0) is 17.6 Å². The van der Waals surface area contributed by atoms with Gasteiger partial charge in [-0.05, 0) is 48.6 Å². The van der Waals surface area contributed by atoms with Crippen LogP contribution in [0.15, 0.2) is 54.7 Å². The molecule has 3 rings (SSSR count). The molecule has 0 unspecified atom stereocenters. The average molecular weight is 364 g/mol. The molecule has 0 bridgehead atoms.